The molecule has 2 heterocycles. The number of hydrogen-bond donors (Lipinski definition) is 1. The van der Waals surface area contributed by atoms with Crippen LogP contribution in [0.2, 0.25) is 0 Å². The molecule has 1 aromatic rings. The molecule has 5 heteroatoms. The second-order valence-corrected chi connectivity index (χ2v) is 5.12. The van der Waals surface area contributed by atoms with Crippen molar-refractivity contribution in [1.82, 2.24) is 15.5 Å². The van der Waals surface area contributed by atoms with Crippen LogP contribution >= 0.6 is 0 Å². The summed E-state index contributed by atoms with van der Waals surface area (Å²) < 4.78 is 0. The standard InChI is InChI=1S/C14H15N3O2/c1-8-10(9-3-2-4-9)5-12(17-16-8)11-7-15-14(19)6-13(11)18/h5,7,9H,2-4,6H2,1H3,(H,15,19). The molecular formula is C14H15N3O2. The highest BCUT2D eigenvalue weighted by Crippen LogP contribution is 2.38. The van der Waals surface area contributed by atoms with Crippen molar-refractivity contribution in [3.8, 4) is 0 Å². The Bertz CT molecular complexity index is 588. The van der Waals surface area contributed by atoms with Gasteiger partial charge in [-0.2, -0.15) is 10.2 Å². The number of ketones is 1. The summed E-state index contributed by atoms with van der Waals surface area (Å²) in [6, 6.07) is 1.95. The van der Waals surface area contributed by atoms with Gasteiger partial charge in [-0.3, -0.25) is 9.59 Å². The molecule has 0 unspecified atom stereocenters. The number of Topliss-reactive ketones (excluding diaryl/α,β-unsaturated/α-hetero) is 1. The van der Waals surface area contributed by atoms with Gasteiger partial charge in [-0.25, -0.2) is 0 Å². The Hall–Kier alpha value is -2.04. The fraction of sp³-hybridized carbons (Fsp3) is 0.429. The molecule has 2 aliphatic rings. The number of carbonyl (C=O) groups excluding carboxylic acids is 2. The van der Waals surface area contributed by atoms with Crippen molar-refractivity contribution in [2.75, 3.05) is 0 Å². The van der Waals surface area contributed by atoms with Gasteiger partial charge in [-0.15, -0.1) is 0 Å². The van der Waals surface area contributed by atoms with Crippen LogP contribution < -0.4 is 5.32 Å². The van der Waals surface area contributed by atoms with Crippen molar-refractivity contribution in [3.05, 3.63) is 29.2 Å². The lowest BCUT2D eigenvalue weighted by Gasteiger charge is -2.27. The number of aryl methyl sites for hydroxylation is 1. The van der Waals surface area contributed by atoms with Gasteiger partial charge in [-0.05, 0) is 37.3 Å². The lowest BCUT2D eigenvalue weighted by atomic mass is 9.79. The van der Waals surface area contributed by atoms with Crippen molar-refractivity contribution in [3.63, 3.8) is 0 Å². The molecule has 1 amide bonds. The topological polar surface area (TPSA) is 72.0 Å². The number of nitrogens with one attached hydrogen (secondary N) is 1. The van der Waals surface area contributed by atoms with Crippen molar-refractivity contribution < 1.29 is 9.59 Å². The Labute approximate surface area is 111 Å². The first-order valence-corrected chi connectivity index (χ1v) is 6.52. The summed E-state index contributed by atoms with van der Waals surface area (Å²) in [5.41, 5.74) is 3.13. The monoisotopic (exact) mass is 257 g/mol. The zero-order valence-corrected chi connectivity index (χ0v) is 10.8. The van der Waals surface area contributed by atoms with Crippen LogP contribution in [0.5, 0.6) is 0 Å². The molecular weight excluding hydrogens is 242 g/mol. The Kier molecular flexibility index (Phi) is 2.89. The lowest BCUT2D eigenvalue weighted by Crippen LogP contribution is -2.27. The average molecular weight is 257 g/mol. The van der Waals surface area contributed by atoms with Gasteiger partial charge in [0.1, 0.15) is 0 Å². The minimum absolute atomic E-state index is 0.111. The first-order chi connectivity index (χ1) is 9.15. The summed E-state index contributed by atoms with van der Waals surface area (Å²) >= 11 is 0. The Morgan fingerprint density at radius 1 is 1.26 bits per heavy atom. The molecule has 1 aromatic heterocycles. The van der Waals surface area contributed by atoms with Crippen LogP contribution in [-0.2, 0) is 9.59 Å². The maximum absolute atomic E-state index is 11.9. The molecule has 1 fully saturated rings. The fourth-order valence-electron chi connectivity index (χ4n) is 2.47. The lowest BCUT2D eigenvalue weighted by molar-refractivity contribution is -0.125. The van der Waals surface area contributed by atoms with Crippen LogP contribution in [0.15, 0.2) is 12.3 Å². The molecule has 98 valence electrons. The number of rotatable bonds is 2. The molecule has 0 bridgehead atoms. The number of carbonyl (C=O) groups is 2. The van der Waals surface area contributed by atoms with E-state index in [2.05, 4.69) is 15.5 Å². The molecule has 1 N–H and O–H groups in total. The summed E-state index contributed by atoms with van der Waals surface area (Å²) in [7, 11) is 0. The van der Waals surface area contributed by atoms with E-state index < -0.39 is 0 Å². The Balaban J connectivity index is 1.97. The highest BCUT2D eigenvalue weighted by Gasteiger charge is 2.26. The van der Waals surface area contributed by atoms with Gasteiger partial charge in [0.05, 0.1) is 23.4 Å². The number of aromatic nitrogens is 2. The van der Waals surface area contributed by atoms with Crippen molar-refractivity contribution in [2.24, 2.45) is 0 Å². The minimum atomic E-state index is -0.270. The molecule has 0 radical (unpaired) electrons. The van der Waals surface area contributed by atoms with Crippen LogP contribution in [-0.4, -0.2) is 21.9 Å². The van der Waals surface area contributed by atoms with Gasteiger partial charge < -0.3 is 5.32 Å². The van der Waals surface area contributed by atoms with Crippen LogP contribution in [0.1, 0.15) is 48.6 Å². The van der Waals surface area contributed by atoms with E-state index in [0.717, 1.165) is 5.69 Å². The summed E-state index contributed by atoms with van der Waals surface area (Å²) in [6.07, 6.45) is 4.93. The molecule has 0 atom stereocenters. The van der Waals surface area contributed by atoms with Crippen LogP contribution in [0, 0.1) is 6.92 Å². The highest BCUT2D eigenvalue weighted by molar-refractivity contribution is 6.27. The molecule has 19 heavy (non-hydrogen) atoms. The van der Waals surface area contributed by atoms with E-state index in [1.807, 2.05) is 13.0 Å². The first-order valence-electron chi connectivity index (χ1n) is 6.52. The molecule has 0 aromatic carbocycles. The van der Waals surface area contributed by atoms with Gasteiger partial charge in [0, 0.05) is 6.20 Å². The Morgan fingerprint density at radius 3 is 2.68 bits per heavy atom. The number of hydrogen-bond acceptors (Lipinski definition) is 4. The second kappa shape index (κ2) is 4.57. The van der Waals surface area contributed by atoms with E-state index in [0.29, 0.717) is 17.2 Å². The number of allylic oxidation sites excluding steroid dienone is 1. The molecule has 0 spiro atoms. The second-order valence-electron chi connectivity index (χ2n) is 5.12. The molecule has 3 rings (SSSR count). The van der Waals surface area contributed by atoms with Crippen LogP contribution in [0.3, 0.4) is 0 Å². The fourth-order valence-corrected chi connectivity index (χ4v) is 2.47. The van der Waals surface area contributed by atoms with Crippen LogP contribution in [0.25, 0.3) is 5.57 Å². The van der Waals surface area contributed by atoms with Gasteiger partial charge in [0.15, 0.2) is 5.78 Å². The third-order valence-electron chi connectivity index (χ3n) is 3.84. The van der Waals surface area contributed by atoms with E-state index in [-0.39, 0.29) is 18.1 Å². The molecule has 1 saturated carbocycles. The molecule has 5 nitrogen and oxygen atoms in total. The predicted octanol–water partition coefficient (Wildman–Crippen LogP) is 1.48. The largest absolute Gasteiger partial charge is 0.331 e. The minimum Gasteiger partial charge on any atom is -0.331 e. The smallest absolute Gasteiger partial charge is 0.231 e. The maximum Gasteiger partial charge on any atom is 0.231 e. The molecule has 1 aliphatic carbocycles. The van der Waals surface area contributed by atoms with Gasteiger partial charge >= 0.3 is 0 Å². The average Bonchev–Trinajstić information content (AvgIpc) is 2.30. The van der Waals surface area contributed by atoms with Crippen molar-refractivity contribution in [2.45, 2.75) is 38.5 Å². The zero-order valence-electron chi connectivity index (χ0n) is 10.8. The van der Waals surface area contributed by atoms with Gasteiger partial charge in [0.25, 0.3) is 0 Å². The third-order valence-corrected chi connectivity index (χ3v) is 3.84. The van der Waals surface area contributed by atoms with Gasteiger partial charge in [0.2, 0.25) is 5.91 Å². The normalized spacial score (nSPS) is 19.7. The molecule has 0 saturated heterocycles. The predicted molar refractivity (Wildman–Crippen MR) is 69.1 cm³/mol. The van der Waals surface area contributed by atoms with Crippen LogP contribution in [0.4, 0.5) is 0 Å². The van der Waals surface area contributed by atoms with E-state index in [4.69, 9.17) is 0 Å². The van der Waals surface area contributed by atoms with Crippen molar-refractivity contribution in [1.29, 1.82) is 0 Å². The molecule has 1 aliphatic heterocycles. The summed E-state index contributed by atoms with van der Waals surface area (Å²) in [6.45, 7) is 1.95. The van der Waals surface area contributed by atoms with E-state index in [1.54, 1.807) is 0 Å². The number of nitrogens with zero attached hydrogens (tertiary/aromatic N) is 2. The SMILES string of the molecule is Cc1nnc(C2=CNC(=O)CC2=O)cc1C1CCC1. The number of amides is 1. The van der Waals surface area contributed by atoms with Gasteiger partial charge in [-0.1, -0.05) is 6.42 Å². The summed E-state index contributed by atoms with van der Waals surface area (Å²) in [5.74, 6) is 0.0811. The Morgan fingerprint density at radius 2 is 2.05 bits per heavy atom. The quantitative estimate of drug-likeness (QED) is 0.815. The van der Waals surface area contributed by atoms with E-state index in [1.165, 1.54) is 31.0 Å². The van der Waals surface area contributed by atoms with E-state index >= 15 is 0 Å². The van der Waals surface area contributed by atoms with E-state index in [9.17, 15) is 9.59 Å². The highest BCUT2D eigenvalue weighted by atomic mass is 16.2. The first kappa shape index (κ1) is 12.0. The maximum atomic E-state index is 11.9. The summed E-state index contributed by atoms with van der Waals surface area (Å²) in [5, 5.41) is 10.8. The van der Waals surface area contributed by atoms with Crippen molar-refractivity contribution >= 4 is 17.3 Å². The zero-order chi connectivity index (χ0) is 13.4. The summed E-state index contributed by atoms with van der Waals surface area (Å²) in [4.78, 5) is 23.0. The third kappa shape index (κ3) is 2.16.